The molecule has 2 aromatic heterocycles. The summed E-state index contributed by atoms with van der Waals surface area (Å²) < 4.78 is 53.1. The molecule has 0 radical (unpaired) electrons. The van der Waals surface area contributed by atoms with Gasteiger partial charge >= 0.3 is 6.18 Å². The monoisotopic (exact) mass is 545 g/mol. The Morgan fingerprint density at radius 3 is 2.58 bits per heavy atom. The minimum atomic E-state index is -4.46. The molecule has 8 heteroatoms. The number of nitrogens with zero attached hydrogens (tertiary/aromatic N) is 3. The molecular weight excluding hydrogens is 515 g/mol. The number of benzene rings is 2. The van der Waals surface area contributed by atoms with Crippen molar-refractivity contribution in [3.8, 4) is 17.0 Å². The number of allylic oxidation sites excluding steroid dienone is 2. The lowest BCUT2D eigenvalue weighted by atomic mass is 9.63. The van der Waals surface area contributed by atoms with Crippen LogP contribution in [0.2, 0.25) is 0 Å². The van der Waals surface area contributed by atoms with Gasteiger partial charge in [0.05, 0.1) is 17.7 Å². The lowest BCUT2D eigenvalue weighted by Crippen LogP contribution is -2.42. The summed E-state index contributed by atoms with van der Waals surface area (Å²) in [5.74, 6) is 1.84. The number of fused-ring (bicyclic) bond motifs is 1. The van der Waals surface area contributed by atoms with Crippen molar-refractivity contribution in [2.45, 2.75) is 51.1 Å². The maximum Gasteiger partial charge on any atom is 0.417 e. The van der Waals surface area contributed by atoms with Crippen LogP contribution in [0.4, 0.5) is 18.9 Å². The molecule has 1 aliphatic heterocycles. The van der Waals surface area contributed by atoms with E-state index in [0.717, 1.165) is 90.5 Å². The largest absolute Gasteiger partial charge is 0.493 e. The van der Waals surface area contributed by atoms with Crippen LogP contribution in [0, 0.1) is 5.41 Å². The normalized spacial score (nSPS) is 18.6. The average molecular weight is 546 g/mol. The number of halogens is 3. The van der Waals surface area contributed by atoms with Crippen molar-refractivity contribution in [1.29, 1.82) is 0 Å². The molecule has 2 fully saturated rings. The summed E-state index contributed by atoms with van der Waals surface area (Å²) in [7, 11) is 0. The maximum atomic E-state index is 13.9. The minimum Gasteiger partial charge on any atom is -0.493 e. The zero-order chi connectivity index (χ0) is 27.5. The Balaban J connectivity index is 1.15. The van der Waals surface area contributed by atoms with Gasteiger partial charge in [0.2, 0.25) is 0 Å². The SMILES string of the molecule is CCOc1ccnc2ccc(N3CCC4(C=C(c5c(-c6ccccc6C(F)(F)F)noc5C5CC5)C4)CC3)cc12. The van der Waals surface area contributed by atoms with Gasteiger partial charge in [0.25, 0.3) is 0 Å². The third-order valence-electron chi connectivity index (χ3n) is 8.61. The Morgan fingerprint density at radius 2 is 1.85 bits per heavy atom. The predicted molar refractivity (Wildman–Crippen MR) is 148 cm³/mol. The molecule has 1 saturated heterocycles. The fourth-order valence-electron chi connectivity index (χ4n) is 6.36. The molecule has 1 spiro atoms. The molecular formula is C32H30F3N3O2. The smallest absolute Gasteiger partial charge is 0.417 e. The highest BCUT2D eigenvalue weighted by Gasteiger charge is 2.44. The van der Waals surface area contributed by atoms with Crippen LogP contribution in [0.15, 0.2) is 65.3 Å². The van der Waals surface area contributed by atoms with E-state index in [0.29, 0.717) is 12.3 Å². The van der Waals surface area contributed by atoms with Crippen molar-refractivity contribution < 1.29 is 22.4 Å². The highest BCUT2D eigenvalue weighted by atomic mass is 19.4. The Labute approximate surface area is 230 Å². The third kappa shape index (κ3) is 4.34. The van der Waals surface area contributed by atoms with Crippen molar-refractivity contribution >= 4 is 22.2 Å². The summed E-state index contributed by atoms with van der Waals surface area (Å²) >= 11 is 0. The van der Waals surface area contributed by atoms with E-state index in [1.54, 1.807) is 12.3 Å². The van der Waals surface area contributed by atoms with Crippen molar-refractivity contribution in [2.75, 3.05) is 24.6 Å². The van der Waals surface area contributed by atoms with Crippen molar-refractivity contribution in [3.05, 3.63) is 77.7 Å². The lowest BCUT2D eigenvalue weighted by Gasteiger charge is -2.47. The number of rotatable bonds is 6. The number of anilines is 1. The van der Waals surface area contributed by atoms with E-state index in [-0.39, 0.29) is 16.9 Å². The molecule has 0 N–H and O–H groups in total. The maximum absolute atomic E-state index is 13.9. The molecule has 40 heavy (non-hydrogen) atoms. The van der Waals surface area contributed by atoms with E-state index in [1.165, 1.54) is 12.1 Å². The zero-order valence-corrected chi connectivity index (χ0v) is 22.3. The number of ether oxygens (including phenoxy) is 1. The van der Waals surface area contributed by atoms with Gasteiger partial charge in [0.15, 0.2) is 0 Å². The van der Waals surface area contributed by atoms with E-state index in [1.807, 2.05) is 19.1 Å². The van der Waals surface area contributed by atoms with E-state index >= 15 is 0 Å². The summed E-state index contributed by atoms with van der Waals surface area (Å²) in [4.78, 5) is 6.88. The van der Waals surface area contributed by atoms with E-state index in [9.17, 15) is 13.2 Å². The van der Waals surface area contributed by atoms with Gasteiger partial charge in [-0.05, 0) is 80.3 Å². The molecule has 0 unspecified atom stereocenters. The standard InChI is InChI=1S/C32H30F3N3O2/c1-2-39-27-11-14-36-26-10-9-22(17-24(26)27)38-15-12-31(13-16-38)18-21(19-31)28-29(37-40-30(28)20-7-8-20)23-5-3-4-6-25(23)32(33,34)35/h3-6,9-11,14,17-18,20H,2,7-8,12-13,15-16,19H2,1H3. The third-order valence-corrected chi connectivity index (χ3v) is 8.61. The number of hydrogen-bond acceptors (Lipinski definition) is 5. The van der Waals surface area contributed by atoms with Gasteiger partial charge in [-0.1, -0.05) is 29.4 Å². The highest BCUT2D eigenvalue weighted by molar-refractivity contribution is 5.88. The fraction of sp³-hybridized carbons (Fsp3) is 0.375. The summed E-state index contributed by atoms with van der Waals surface area (Å²) in [5.41, 5.74) is 3.73. The summed E-state index contributed by atoms with van der Waals surface area (Å²) in [6, 6.07) is 13.9. The predicted octanol–water partition coefficient (Wildman–Crippen LogP) is 8.26. The molecule has 7 rings (SSSR count). The van der Waals surface area contributed by atoms with Gasteiger partial charge < -0.3 is 14.2 Å². The van der Waals surface area contributed by atoms with Crippen LogP contribution in [-0.4, -0.2) is 29.8 Å². The van der Waals surface area contributed by atoms with Crippen LogP contribution in [0.1, 0.15) is 61.8 Å². The van der Waals surface area contributed by atoms with E-state index in [4.69, 9.17) is 9.26 Å². The molecule has 5 nitrogen and oxygen atoms in total. The summed E-state index contributed by atoms with van der Waals surface area (Å²) in [6.45, 7) is 4.39. The van der Waals surface area contributed by atoms with Crippen LogP contribution in [-0.2, 0) is 6.18 Å². The summed E-state index contributed by atoms with van der Waals surface area (Å²) in [6.07, 6.45) is 4.38. The van der Waals surface area contributed by atoms with Gasteiger partial charge in [0, 0.05) is 47.4 Å². The molecule has 4 aromatic rings. The Morgan fingerprint density at radius 1 is 1.07 bits per heavy atom. The molecule has 206 valence electrons. The van der Waals surface area contributed by atoms with Crippen LogP contribution in [0.5, 0.6) is 5.75 Å². The molecule has 1 saturated carbocycles. The number of alkyl halides is 3. The van der Waals surface area contributed by atoms with Gasteiger partial charge in [-0.15, -0.1) is 0 Å². The fourth-order valence-corrected chi connectivity index (χ4v) is 6.36. The topological polar surface area (TPSA) is 51.4 Å². The van der Waals surface area contributed by atoms with E-state index in [2.05, 4.69) is 33.2 Å². The Kier molecular flexibility index (Phi) is 5.91. The zero-order valence-electron chi connectivity index (χ0n) is 22.3. The molecule has 0 bridgehead atoms. The highest BCUT2D eigenvalue weighted by Crippen LogP contribution is 2.56. The first-order valence-corrected chi connectivity index (χ1v) is 14.0. The minimum absolute atomic E-state index is 0.0552. The van der Waals surface area contributed by atoms with Crippen LogP contribution < -0.4 is 9.64 Å². The molecule has 0 amide bonds. The first-order chi connectivity index (χ1) is 19.4. The van der Waals surface area contributed by atoms with Crippen LogP contribution in [0.25, 0.3) is 27.7 Å². The number of hydrogen-bond donors (Lipinski definition) is 0. The number of pyridine rings is 1. The average Bonchev–Trinajstić information content (AvgIpc) is 3.70. The molecule has 3 aliphatic rings. The second-order valence-electron chi connectivity index (χ2n) is 11.2. The quantitative estimate of drug-likeness (QED) is 0.244. The Hall–Kier alpha value is -3.81. The molecule has 2 aliphatic carbocycles. The molecule has 3 heterocycles. The lowest BCUT2D eigenvalue weighted by molar-refractivity contribution is -0.137. The molecule has 0 atom stereocenters. The van der Waals surface area contributed by atoms with Gasteiger partial charge in [-0.2, -0.15) is 13.2 Å². The van der Waals surface area contributed by atoms with Crippen molar-refractivity contribution in [1.82, 2.24) is 10.1 Å². The second-order valence-corrected chi connectivity index (χ2v) is 11.2. The number of aromatic nitrogens is 2. The summed E-state index contributed by atoms with van der Waals surface area (Å²) in [5, 5.41) is 5.23. The first kappa shape index (κ1) is 25.2. The van der Waals surface area contributed by atoms with Gasteiger partial charge in [-0.3, -0.25) is 4.98 Å². The van der Waals surface area contributed by atoms with Gasteiger partial charge in [-0.25, -0.2) is 0 Å². The van der Waals surface area contributed by atoms with Crippen LogP contribution >= 0.6 is 0 Å². The number of piperidine rings is 1. The van der Waals surface area contributed by atoms with E-state index < -0.39 is 11.7 Å². The van der Waals surface area contributed by atoms with Crippen molar-refractivity contribution in [3.63, 3.8) is 0 Å². The Bertz CT molecular complexity index is 1610. The second kappa shape index (κ2) is 9.39. The van der Waals surface area contributed by atoms with Crippen molar-refractivity contribution in [2.24, 2.45) is 5.41 Å². The molecule has 2 aromatic carbocycles. The first-order valence-electron chi connectivity index (χ1n) is 14.0. The van der Waals surface area contributed by atoms with Gasteiger partial charge in [0.1, 0.15) is 17.2 Å². The van der Waals surface area contributed by atoms with Crippen LogP contribution in [0.3, 0.4) is 0 Å².